The minimum Gasteiger partial charge on any atom is -0.488 e. The molecule has 190 valence electrons. The normalized spacial score (nSPS) is 10.8. The molecule has 0 aliphatic carbocycles. The summed E-state index contributed by atoms with van der Waals surface area (Å²) >= 11 is 0. The molecule has 0 saturated carbocycles. The highest BCUT2D eigenvalue weighted by Gasteiger charge is 2.29. The van der Waals surface area contributed by atoms with Crippen LogP contribution in [0.2, 0.25) is 0 Å². The van der Waals surface area contributed by atoms with Crippen LogP contribution in [0.4, 0.5) is 0 Å². The van der Waals surface area contributed by atoms with Crippen molar-refractivity contribution >= 4 is 16.9 Å². The van der Waals surface area contributed by atoms with Crippen molar-refractivity contribution in [3.63, 3.8) is 0 Å². The summed E-state index contributed by atoms with van der Waals surface area (Å²) in [6.07, 6.45) is 0. The third kappa shape index (κ3) is 7.15. The summed E-state index contributed by atoms with van der Waals surface area (Å²) in [5.41, 5.74) is 3.22. The van der Waals surface area contributed by atoms with Gasteiger partial charge >= 0.3 is 5.97 Å². The maximum atomic E-state index is 11.5. The van der Waals surface area contributed by atoms with E-state index in [9.17, 15) is 4.79 Å². The molecule has 0 N–H and O–H groups in total. The lowest BCUT2D eigenvalue weighted by atomic mass is 10.1. The molecule has 6 heteroatoms. The Balaban J connectivity index is 1.46. The quantitative estimate of drug-likeness (QED) is 0.130. The Labute approximate surface area is 221 Å². The number of benzene rings is 4. The molecular formula is C31H31O5S+. The lowest BCUT2D eigenvalue weighted by Gasteiger charge is -2.15. The predicted molar refractivity (Wildman–Crippen MR) is 145 cm³/mol. The maximum Gasteiger partial charge on any atom is 0.346 e. The van der Waals surface area contributed by atoms with Gasteiger partial charge in [-0.3, -0.25) is 0 Å². The molecule has 4 aromatic rings. The number of ether oxygens (including phenoxy) is 4. The van der Waals surface area contributed by atoms with Crippen molar-refractivity contribution < 1.29 is 23.7 Å². The fraction of sp³-hybridized carbons (Fsp3) is 0.194. The Bertz CT molecular complexity index is 1230. The Hall–Kier alpha value is -3.74. The van der Waals surface area contributed by atoms with Gasteiger partial charge < -0.3 is 18.9 Å². The second-order valence-corrected chi connectivity index (χ2v) is 10.5. The van der Waals surface area contributed by atoms with Gasteiger partial charge in [0.15, 0.2) is 28.1 Å². The number of methoxy groups -OCH3 is 1. The summed E-state index contributed by atoms with van der Waals surface area (Å²) in [7, 11) is 1.25. The Kier molecular flexibility index (Phi) is 9.24. The smallest absolute Gasteiger partial charge is 0.346 e. The van der Waals surface area contributed by atoms with Crippen LogP contribution in [0.25, 0.3) is 0 Å². The summed E-state index contributed by atoms with van der Waals surface area (Å²) < 4.78 is 21.2. The SMILES string of the molecule is COCOC(=O)COc1ccc(COc2c(C)cc([S+](c3ccccc3)c3ccccc3)cc2C)cc1. The van der Waals surface area contributed by atoms with Crippen LogP contribution >= 0.6 is 0 Å². The van der Waals surface area contributed by atoms with Crippen LogP contribution in [-0.4, -0.2) is 26.5 Å². The number of rotatable bonds is 11. The van der Waals surface area contributed by atoms with Gasteiger partial charge in [-0.1, -0.05) is 48.5 Å². The topological polar surface area (TPSA) is 54.0 Å². The summed E-state index contributed by atoms with van der Waals surface area (Å²) in [5, 5.41) is 0. The van der Waals surface area contributed by atoms with E-state index in [1.807, 2.05) is 24.3 Å². The van der Waals surface area contributed by atoms with Crippen LogP contribution in [0.15, 0.2) is 112 Å². The van der Waals surface area contributed by atoms with Crippen molar-refractivity contribution in [1.82, 2.24) is 0 Å². The third-order valence-electron chi connectivity index (χ3n) is 5.63. The highest BCUT2D eigenvalue weighted by Crippen LogP contribution is 2.35. The van der Waals surface area contributed by atoms with E-state index in [-0.39, 0.29) is 24.3 Å². The largest absolute Gasteiger partial charge is 0.488 e. The van der Waals surface area contributed by atoms with Crippen molar-refractivity contribution in [2.45, 2.75) is 35.1 Å². The van der Waals surface area contributed by atoms with E-state index < -0.39 is 5.97 Å². The standard InChI is InChI=1S/C31H31O5S/c1-23-18-29(37(27-10-6-4-7-11-27)28-12-8-5-9-13-28)19-24(2)31(23)35-20-25-14-16-26(17-15-25)34-21-30(32)36-22-33-3/h4-19H,20-22H2,1-3H3/q+1. The molecule has 0 aromatic heterocycles. The molecular weight excluding hydrogens is 484 g/mol. The fourth-order valence-corrected chi connectivity index (χ4v) is 6.19. The molecule has 0 fully saturated rings. The van der Waals surface area contributed by atoms with Crippen molar-refractivity contribution in [1.29, 1.82) is 0 Å². The van der Waals surface area contributed by atoms with E-state index in [2.05, 4.69) is 86.6 Å². The minimum absolute atomic E-state index is 0.0854. The summed E-state index contributed by atoms with van der Waals surface area (Å²) in [5.74, 6) is 1.00. The molecule has 4 rings (SSSR count). The van der Waals surface area contributed by atoms with E-state index >= 15 is 0 Å². The number of carbonyl (C=O) groups excluding carboxylic acids is 1. The van der Waals surface area contributed by atoms with E-state index in [1.165, 1.54) is 21.8 Å². The zero-order valence-corrected chi connectivity index (χ0v) is 22.1. The molecule has 0 aliphatic rings. The Morgan fingerprint density at radius 3 is 1.84 bits per heavy atom. The van der Waals surface area contributed by atoms with Crippen LogP contribution in [0.1, 0.15) is 16.7 Å². The van der Waals surface area contributed by atoms with E-state index in [1.54, 1.807) is 0 Å². The van der Waals surface area contributed by atoms with E-state index in [0.717, 1.165) is 22.4 Å². The van der Waals surface area contributed by atoms with Crippen molar-refractivity contribution in [3.05, 3.63) is 114 Å². The zero-order chi connectivity index (χ0) is 26.0. The zero-order valence-electron chi connectivity index (χ0n) is 21.3. The highest BCUT2D eigenvalue weighted by molar-refractivity contribution is 7.97. The first-order chi connectivity index (χ1) is 18.0. The van der Waals surface area contributed by atoms with Gasteiger partial charge in [0.25, 0.3) is 0 Å². The molecule has 0 aliphatic heterocycles. The first kappa shape index (κ1) is 26.3. The lowest BCUT2D eigenvalue weighted by molar-refractivity contribution is -0.156. The first-order valence-electron chi connectivity index (χ1n) is 12.0. The number of aryl methyl sites for hydroxylation is 2. The monoisotopic (exact) mass is 515 g/mol. The highest BCUT2D eigenvalue weighted by atomic mass is 32.2. The third-order valence-corrected chi connectivity index (χ3v) is 7.82. The van der Waals surface area contributed by atoms with Crippen LogP contribution in [-0.2, 0) is 31.8 Å². The van der Waals surface area contributed by atoms with Gasteiger partial charge in [-0.25, -0.2) is 4.79 Å². The van der Waals surface area contributed by atoms with Crippen LogP contribution < -0.4 is 9.47 Å². The van der Waals surface area contributed by atoms with Gasteiger partial charge in [-0.2, -0.15) is 0 Å². The summed E-state index contributed by atoms with van der Waals surface area (Å²) in [6.45, 7) is 4.38. The summed E-state index contributed by atoms with van der Waals surface area (Å²) in [4.78, 5) is 15.4. The average Bonchev–Trinajstić information content (AvgIpc) is 2.92. The fourth-order valence-electron chi connectivity index (χ4n) is 3.92. The molecule has 0 spiro atoms. The van der Waals surface area contributed by atoms with Crippen molar-refractivity contribution in [3.8, 4) is 11.5 Å². The number of carbonyl (C=O) groups is 1. The van der Waals surface area contributed by atoms with Gasteiger partial charge in [0.1, 0.15) is 18.1 Å². The molecule has 0 heterocycles. The van der Waals surface area contributed by atoms with Crippen LogP contribution in [0.5, 0.6) is 11.5 Å². The molecule has 0 saturated heterocycles. The van der Waals surface area contributed by atoms with Gasteiger partial charge in [0.2, 0.25) is 0 Å². The molecule has 0 bridgehead atoms. The van der Waals surface area contributed by atoms with E-state index in [4.69, 9.17) is 18.9 Å². The number of hydrogen-bond acceptors (Lipinski definition) is 5. The summed E-state index contributed by atoms with van der Waals surface area (Å²) in [6, 6.07) is 33.2. The maximum absolute atomic E-state index is 11.5. The Morgan fingerprint density at radius 1 is 0.730 bits per heavy atom. The van der Waals surface area contributed by atoms with Crippen LogP contribution in [0.3, 0.4) is 0 Å². The molecule has 0 unspecified atom stereocenters. The first-order valence-corrected chi connectivity index (χ1v) is 13.2. The van der Waals surface area contributed by atoms with Gasteiger partial charge in [0.05, 0.1) is 10.9 Å². The molecule has 5 nitrogen and oxygen atoms in total. The second kappa shape index (κ2) is 13.0. The number of hydrogen-bond donors (Lipinski definition) is 0. The molecule has 37 heavy (non-hydrogen) atoms. The van der Waals surface area contributed by atoms with E-state index in [0.29, 0.717) is 12.4 Å². The van der Waals surface area contributed by atoms with Gasteiger partial charge in [-0.05, 0) is 66.9 Å². The predicted octanol–water partition coefficient (Wildman–Crippen LogP) is 6.50. The van der Waals surface area contributed by atoms with Crippen molar-refractivity contribution in [2.24, 2.45) is 0 Å². The molecule has 0 radical (unpaired) electrons. The van der Waals surface area contributed by atoms with Gasteiger partial charge in [0, 0.05) is 19.2 Å². The van der Waals surface area contributed by atoms with Crippen molar-refractivity contribution in [2.75, 3.05) is 20.5 Å². The molecule has 0 amide bonds. The average molecular weight is 516 g/mol. The van der Waals surface area contributed by atoms with Crippen LogP contribution in [0, 0.1) is 13.8 Å². The molecule has 0 atom stereocenters. The Morgan fingerprint density at radius 2 is 1.30 bits per heavy atom. The minimum atomic E-state index is -0.481. The lowest BCUT2D eigenvalue weighted by Crippen LogP contribution is -2.16. The molecule has 4 aromatic carbocycles. The second-order valence-electron chi connectivity index (χ2n) is 8.46. The number of esters is 1. The van der Waals surface area contributed by atoms with Gasteiger partial charge in [-0.15, -0.1) is 0 Å².